The van der Waals surface area contributed by atoms with Gasteiger partial charge in [0.15, 0.2) is 0 Å². The molecule has 2 N–H and O–H groups in total. The predicted molar refractivity (Wildman–Crippen MR) is 105 cm³/mol. The van der Waals surface area contributed by atoms with Crippen LogP contribution in [0.4, 0.5) is 0 Å². The van der Waals surface area contributed by atoms with E-state index >= 15 is 0 Å². The summed E-state index contributed by atoms with van der Waals surface area (Å²) in [5.41, 5.74) is 0. The molecule has 4 heterocycles. The minimum Gasteiger partial charge on any atom is -0.303 e. The van der Waals surface area contributed by atoms with Crippen molar-refractivity contribution in [3.05, 3.63) is 0 Å². The molecule has 8 heteroatoms. The second kappa shape index (κ2) is 9.75. The van der Waals surface area contributed by atoms with Gasteiger partial charge in [-0.05, 0) is 0 Å². The molecule has 26 heavy (non-hydrogen) atoms. The summed E-state index contributed by atoms with van der Waals surface area (Å²) in [7, 11) is 0. The summed E-state index contributed by atoms with van der Waals surface area (Å²) >= 11 is 0. The first kappa shape index (κ1) is 19.0. The highest BCUT2D eigenvalue weighted by Crippen LogP contribution is 2.08. The number of rotatable bonds is 9. The van der Waals surface area contributed by atoms with Gasteiger partial charge in [0.05, 0.1) is 13.3 Å². The summed E-state index contributed by atoms with van der Waals surface area (Å²) in [6, 6.07) is 0. The minimum absolute atomic E-state index is 1.08. The maximum Gasteiger partial charge on any atom is 0.0508 e. The molecular weight excluding hydrogens is 328 g/mol. The van der Waals surface area contributed by atoms with Gasteiger partial charge in [-0.15, -0.1) is 0 Å². The van der Waals surface area contributed by atoms with Crippen LogP contribution in [-0.2, 0) is 0 Å². The summed E-state index contributed by atoms with van der Waals surface area (Å²) < 4.78 is 0. The molecular formula is C18H38N8. The molecule has 8 nitrogen and oxygen atoms in total. The highest BCUT2D eigenvalue weighted by atomic mass is 15.4. The Labute approximate surface area is 159 Å². The van der Waals surface area contributed by atoms with E-state index in [9.17, 15) is 0 Å². The molecule has 0 aromatic heterocycles. The quantitative estimate of drug-likeness (QED) is 0.480. The largest absolute Gasteiger partial charge is 0.303 e. The van der Waals surface area contributed by atoms with Crippen LogP contribution in [0.15, 0.2) is 0 Å². The summed E-state index contributed by atoms with van der Waals surface area (Å²) in [6.45, 7) is 21.6. The lowest BCUT2D eigenvalue weighted by molar-refractivity contribution is 0.182. The van der Waals surface area contributed by atoms with E-state index in [1.165, 1.54) is 91.9 Å². The molecule has 4 saturated heterocycles. The highest BCUT2D eigenvalue weighted by molar-refractivity contribution is 4.78. The number of hydrogen-bond acceptors (Lipinski definition) is 8. The van der Waals surface area contributed by atoms with Crippen molar-refractivity contribution in [3.63, 3.8) is 0 Å². The molecule has 0 radical (unpaired) electrons. The third kappa shape index (κ3) is 5.59. The minimum atomic E-state index is 1.08. The fraction of sp³-hybridized carbons (Fsp3) is 1.00. The molecule has 0 aliphatic carbocycles. The Kier molecular flexibility index (Phi) is 7.13. The van der Waals surface area contributed by atoms with Crippen molar-refractivity contribution in [2.75, 3.05) is 118 Å². The summed E-state index contributed by atoms with van der Waals surface area (Å²) in [4.78, 5) is 15.6. The molecule has 0 unspecified atom stereocenters. The molecule has 4 rings (SSSR count). The molecule has 0 aromatic rings. The van der Waals surface area contributed by atoms with Crippen LogP contribution in [0.3, 0.4) is 0 Å². The number of hydrogen-bond donors (Lipinski definition) is 2. The lowest BCUT2D eigenvalue weighted by Crippen LogP contribution is -2.37. The van der Waals surface area contributed by atoms with Gasteiger partial charge in [0.25, 0.3) is 0 Å². The van der Waals surface area contributed by atoms with Gasteiger partial charge >= 0.3 is 0 Å². The third-order valence-electron chi connectivity index (χ3n) is 6.34. The highest BCUT2D eigenvalue weighted by Gasteiger charge is 2.24. The van der Waals surface area contributed by atoms with E-state index in [0.717, 1.165) is 26.4 Å². The van der Waals surface area contributed by atoms with Crippen LogP contribution in [0.25, 0.3) is 0 Å². The summed E-state index contributed by atoms with van der Waals surface area (Å²) in [6.07, 6.45) is 0. The third-order valence-corrected chi connectivity index (χ3v) is 6.34. The van der Waals surface area contributed by atoms with Gasteiger partial charge in [-0.3, -0.25) is 29.4 Å². The first-order valence-corrected chi connectivity index (χ1v) is 10.6. The van der Waals surface area contributed by atoms with E-state index in [4.69, 9.17) is 0 Å². The fourth-order valence-corrected chi connectivity index (χ4v) is 4.48. The van der Waals surface area contributed by atoms with E-state index < -0.39 is 0 Å². The van der Waals surface area contributed by atoms with E-state index in [1.54, 1.807) is 0 Å². The Bertz CT molecular complexity index is 372. The Hall–Kier alpha value is -0.320. The van der Waals surface area contributed by atoms with Gasteiger partial charge in [0.1, 0.15) is 0 Å². The van der Waals surface area contributed by atoms with Crippen LogP contribution in [0.5, 0.6) is 0 Å². The fourth-order valence-electron chi connectivity index (χ4n) is 4.48. The zero-order chi connectivity index (χ0) is 17.6. The molecule has 0 saturated carbocycles. The Balaban J connectivity index is 1.06. The van der Waals surface area contributed by atoms with Crippen LogP contribution in [-0.4, -0.2) is 148 Å². The normalized spacial score (nSPS) is 28.2. The first-order chi connectivity index (χ1) is 12.8. The van der Waals surface area contributed by atoms with E-state index in [0.29, 0.717) is 0 Å². The van der Waals surface area contributed by atoms with Crippen molar-refractivity contribution < 1.29 is 0 Å². The van der Waals surface area contributed by atoms with Gasteiger partial charge in [-0.25, -0.2) is 0 Å². The average Bonchev–Trinajstić information content (AvgIpc) is 3.46. The molecule has 0 bridgehead atoms. The Morgan fingerprint density at radius 2 is 0.769 bits per heavy atom. The number of nitrogens with zero attached hydrogens (tertiary/aromatic N) is 6. The standard InChI is InChI=1S/C18H38N8/c1-3-21(15-19-1)5-7-23-9-11-25(17-23)13-14-26-12-10-24(18-26)8-6-22-4-2-20-16-22/h19-20H,1-18H2. The molecule has 0 aromatic carbocycles. The zero-order valence-electron chi connectivity index (χ0n) is 16.4. The monoisotopic (exact) mass is 366 g/mol. The van der Waals surface area contributed by atoms with Crippen LogP contribution >= 0.6 is 0 Å². The molecule has 0 atom stereocenters. The second-order valence-electron chi connectivity index (χ2n) is 8.31. The Morgan fingerprint density at radius 1 is 0.423 bits per heavy atom. The van der Waals surface area contributed by atoms with Crippen molar-refractivity contribution in [3.8, 4) is 0 Å². The van der Waals surface area contributed by atoms with Gasteiger partial charge in [0, 0.05) is 105 Å². The molecule has 0 amide bonds. The molecule has 4 fully saturated rings. The van der Waals surface area contributed by atoms with Crippen molar-refractivity contribution in [1.29, 1.82) is 0 Å². The number of nitrogens with one attached hydrogen (secondary N) is 2. The average molecular weight is 367 g/mol. The summed E-state index contributed by atoms with van der Waals surface area (Å²) in [5, 5.41) is 6.84. The SMILES string of the molecule is C1CN(CCN2CCN(CCN3CCN(CCN4CCNC4)C3)C2)CN1. The lowest BCUT2D eigenvalue weighted by Gasteiger charge is -2.23. The van der Waals surface area contributed by atoms with Crippen molar-refractivity contribution in [2.24, 2.45) is 0 Å². The van der Waals surface area contributed by atoms with Crippen LogP contribution in [0.2, 0.25) is 0 Å². The van der Waals surface area contributed by atoms with Crippen molar-refractivity contribution in [1.82, 2.24) is 40.0 Å². The zero-order valence-corrected chi connectivity index (χ0v) is 16.4. The van der Waals surface area contributed by atoms with E-state index in [1.807, 2.05) is 0 Å². The van der Waals surface area contributed by atoms with Crippen molar-refractivity contribution in [2.45, 2.75) is 0 Å². The second-order valence-corrected chi connectivity index (χ2v) is 8.31. The lowest BCUT2D eigenvalue weighted by atomic mass is 10.5. The summed E-state index contributed by atoms with van der Waals surface area (Å²) in [5.74, 6) is 0. The molecule has 4 aliphatic rings. The van der Waals surface area contributed by atoms with E-state index in [-0.39, 0.29) is 0 Å². The maximum atomic E-state index is 3.42. The smallest absolute Gasteiger partial charge is 0.0508 e. The van der Waals surface area contributed by atoms with Gasteiger partial charge in [-0.2, -0.15) is 0 Å². The van der Waals surface area contributed by atoms with Crippen LogP contribution < -0.4 is 10.6 Å². The van der Waals surface area contributed by atoms with E-state index in [2.05, 4.69) is 40.0 Å². The molecule has 150 valence electrons. The van der Waals surface area contributed by atoms with Crippen LogP contribution in [0, 0.1) is 0 Å². The van der Waals surface area contributed by atoms with Gasteiger partial charge < -0.3 is 10.6 Å². The topological polar surface area (TPSA) is 43.5 Å². The first-order valence-electron chi connectivity index (χ1n) is 10.6. The van der Waals surface area contributed by atoms with Gasteiger partial charge in [0.2, 0.25) is 0 Å². The predicted octanol–water partition coefficient (Wildman–Crippen LogP) is -2.14. The van der Waals surface area contributed by atoms with Crippen molar-refractivity contribution >= 4 is 0 Å². The van der Waals surface area contributed by atoms with Crippen LogP contribution in [0.1, 0.15) is 0 Å². The Morgan fingerprint density at radius 3 is 1.08 bits per heavy atom. The molecule has 4 aliphatic heterocycles. The van der Waals surface area contributed by atoms with Gasteiger partial charge in [-0.1, -0.05) is 0 Å². The maximum absolute atomic E-state index is 3.42. The molecule has 0 spiro atoms.